The SMILES string of the molecule is CC(C)Oc1ccc(/C(O)=C2\C(=O)C(=O)N(c3ccc(Cl)c(Cl)c3)C2c2cccc(O)c2)cc1. The molecule has 3 aromatic rings. The van der Waals surface area contributed by atoms with Gasteiger partial charge in [-0.1, -0.05) is 35.3 Å². The Hall–Kier alpha value is -3.48. The van der Waals surface area contributed by atoms with E-state index in [1.165, 1.54) is 29.2 Å². The van der Waals surface area contributed by atoms with Gasteiger partial charge in [-0.3, -0.25) is 14.5 Å². The fourth-order valence-corrected chi connectivity index (χ4v) is 4.16. The molecule has 2 N–H and O–H groups in total. The summed E-state index contributed by atoms with van der Waals surface area (Å²) in [5, 5.41) is 21.7. The smallest absolute Gasteiger partial charge is 0.300 e. The van der Waals surface area contributed by atoms with Gasteiger partial charge in [0.25, 0.3) is 11.7 Å². The first kappa shape index (κ1) is 23.7. The maximum Gasteiger partial charge on any atom is 0.300 e. The van der Waals surface area contributed by atoms with Crippen LogP contribution in [-0.4, -0.2) is 28.0 Å². The predicted octanol–water partition coefficient (Wildman–Crippen LogP) is 6.11. The molecule has 1 heterocycles. The monoisotopic (exact) mass is 497 g/mol. The first-order valence-electron chi connectivity index (χ1n) is 10.5. The van der Waals surface area contributed by atoms with Crippen molar-refractivity contribution in [1.29, 1.82) is 0 Å². The van der Waals surface area contributed by atoms with Gasteiger partial charge in [0.15, 0.2) is 0 Å². The van der Waals surface area contributed by atoms with Gasteiger partial charge in [-0.15, -0.1) is 0 Å². The number of amides is 1. The molecular weight excluding hydrogens is 477 g/mol. The van der Waals surface area contributed by atoms with Crippen LogP contribution in [0.15, 0.2) is 72.3 Å². The van der Waals surface area contributed by atoms with E-state index < -0.39 is 17.7 Å². The van der Waals surface area contributed by atoms with E-state index in [-0.39, 0.29) is 28.2 Å². The first-order chi connectivity index (χ1) is 16.2. The second kappa shape index (κ2) is 9.41. The molecule has 0 saturated carbocycles. The Kier molecular flexibility index (Phi) is 6.55. The third-order valence-electron chi connectivity index (χ3n) is 5.31. The van der Waals surface area contributed by atoms with Crippen molar-refractivity contribution < 1.29 is 24.5 Å². The molecule has 1 aliphatic heterocycles. The number of halogens is 2. The van der Waals surface area contributed by atoms with Gasteiger partial charge in [-0.2, -0.15) is 0 Å². The quantitative estimate of drug-likeness (QED) is 0.252. The number of carbonyl (C=O) groups excluding carboxylic acids is 2. The average molecular weight is 498 g/mol. The number of hydrogen-bond donors (Lipinski definition) is 2. The molecule has 3 aromatic carbocycles. The van der Waals surface area contributed by atoms with E-state index in [4.69, 9.17) is 27.9 Å². The van der Waals surface area contributed by atoms with Crippen LogP contribution >= 0.6 is 23.2 Å². The Bertz CT molecular complexity index is 1300. The van der Waals surface area contributed by atoms with E-state index in [0.717, 1.165) is 0 Å². The molecule has 0 bridgehead atoms. The molecule has 8 heteroatoms. The number of phenolic OH excluding ortho intramolecular Hbond substituents is 1. The molecule has 1 amide bonds. The van der Waals surface area contributed by atoms with Crippen molar-refractivity contribution in [2.75, 3.05) is 4.90 Å². The maximum atomic E-state index is 13.2. The summed E-state index contributed by atoms with van der Waals surface area (Å²) in [6, 6.07) is 16.3. The summed E-state index contributed by atoms with van der Waals surface area (Å²) in [6.45, 7) is 3.79. The second-order valence-corrected chi connectivity index (χ2v) is 8.87. The molecule has 1 fully saturated rings. The van der Waals surface area contributed by atoms with Crippen LogP contribution in [0.4, 0.5) is 5.69 Å². The lowest BCUT2D eigenvalue weighted by Gasteiger charge is -2.26. The van der Waals surface area contributed by atoms with Crippen LogP contribution in [0.5, 0.6) is 11.5 Å². The molecule has 4 rings (SSSR count). The van der Waals surface area contributed by atoms with Crippen molar-refractivity contribution >= 4 is 46.3 Å². The van der Waals surface area contributed by atoms with E-state index in [2.05, 4.69) is 0 Å². The normalized spacial score (nSPS) is 17.4. The van der Waals surface area contributed by atoms with E-state index in [1.807, 2.05) is 13.8 Å². The molecule has 174 valence electrons. The lowest BCUT2D eigenvalue weighted by Crippen LogP contribution is -2.29. The third kappa shape index (κ3) is 4.47. The highest BCUT2D eigenvalue weighted by atomic mass is 35.5. The fraction of sp³-hybridized carbons (Fsp3) is 0.154. The van der Waals surface area contributed by atoms with Crippen molar-refractivity contribution in [3.8, 4) is 11.5 Å². The summed E-state index contributed by atoms with van der Waals surface area (Å²) in [4.78, 5) is 27.6. The zero-order valence-corrected chi connectivity index (χ0v) is 19.8. The van der Waals surface area contributed by atoms with Gasteiger partial charge in [0.2, 0.25) is 0 Å². The number of phenols is 1. The van der Waals surface area contributed by atoms with Gasteiger partial charge in [0.05, 0.1) is 27.8 Å². The zero-order valence-electron chi connectivity index (χ0n) is 18.3. The Morgan fingerprint density at radius 1 is 0.971 bits per heavy atom. The lowest BCUT2D eigenvalue weighted by molar-refractivity contribution is -0.132. The molecule has 0 spiro atoms. The lowest BCUT2D eigenvalue weighted by atomic mass is 9.95. The van der Waals surface area contributed by atoms with Gasteiger partial charge in [-0.05, 0) is 74.0 Å². The van der Waals surface area contributed by atoms with Crippen LogP contribution in [-0.2, 0) is 9.59 Å². The van der Waals surface area contributed by atoms with Crippen LogP contribution in [0, 0.1) is 0 Å². The van der Waals surface area contributed by atoms with Crippen molar-refractivity contribution in [2.24, 2.45) is 0 Å². The Morgan fingerprint density at radius 3 is 2.29 bits per heavy atom. The topological polar surface area (TPSA) is 87.1 Å². The number of aliphatic hydroxyl groups excluding tert-OH is 1. The zero-order chi connectivity index (χ0) is 24.6. The molecule has 1 saturated heterocycles. The standard InChI is InChI=1S/C26H21Cl2NO5/c1-14(2)34-19-9-6-15(7-10-19)24(31)22-23(16-4-3-5-18(30)12-16)29(26(33)25(22)32)17-8-11-20(27)21(28)13-17/h3-14,23,30-31H,1-2H3/b24-22+. The number of ketones is 1. The molecule has 1 aliphatic rings. The van der Waals surface area contributed by atoms with E-state index >= 15 is 0 Å². The largest absolute Gasteiger partial charge is 0.508 e. The minimum Gasteiger partial charge on any atom is -0.508 e. The number of benzene rings is 3. The molecule has 0 aromatic heterocycles. The van der Waals surface area contributed by atoms with Crippen LogP contribution in [0.1, 0.15) is 31.0 Å². The van der Waals surface area contributed by atoms with E-state index in [9.17, 15) is 19.8 Å². The highest BCUT2D eigenvalue weighted by molar-refractivity contribution is 6.52. The van der Waals surface area contributed by atoms with Gasteiger partial charge in [0.1, 0.15) is 17.3 Å². The second-order valence-electron chi connectivity index (χ2n) is 8.05. The number of anilines is 1. The number of ether oxygens (including phenoxy) is 1. The summed E-state index contributed by atoms with van der Waals surface area (Å²) >= 11 is 12.2. The van der Waals surface area contributed by atoms with Gasteiger partial charge >= 0.3 is 0 Å². The Balaban J connectivity index is 1.88. The summed E-state index contributed by atoms with van der Waals surface area (Å²) in [5.74, 6) is -1.49. The Morgan fingerprint density at radius 2 is 1.68 bits per heavy atom. The highest BCUT2D eigenvalue weighted by Gasteiger charge is 2.47. The van der Waals surface area contributed by atoms with Crippen molar-refractivity contribution in [2.45, 2.75) is 26.0 Å². The van der Waals surface area contributed by atoms with Gasteiger partial charge in [0, 0.05) is 11.3 Å². The first-order valence-corrected chi connectivity index (χ1v) is 11.2. The van der Waals surface area contributed by atoms with Crippen molar-refractivity contribution in [3.05, 3.63) is 93.5 Å². The molecule has 34 heavy (non-hydrogen) atoms. The molecule has 0 radical (unpaired) electrons. The average Bonchev–Trinajstić information content (AvgIpc) is 3.06. The van der Waals surface area contributed by atoms with Gasteiger partial charge < -0.3 is 14.9 Å². The van der Waals surface area contributed by atoms with Crippen LogP contribution in [0.3, 0.4) is 0 Å². The molecule has 1 unspecified atom stereocenters. The number of Topliss-reactive ketones (excluding diaryl/α,β-unsaturated/α-hetero) is 1. The highest BCUT2D eigenvalue weighted by Crippen LogP contribution is 2.43. The number of aromatic hydroxyl groups is 1. The van der Waals surface area contributed by atoms with Gasteiger partial charge in [-0.25, -0.2) is 0 Å². The minimum absolute atomic E-state index is 0.0262. The number of carbonyl (C=O) groups is 2. The molecule has 1 atom stereocenters. The molecule has 6 nitrogen and oxygen atoms in total. The predicted molar refractivity (Wildman–Crippen MR) is 132 cm³/mol. The summed E-state index contributed by atoms with van der Waals surface area (Å²) in [5.41, 5.74) is 0.990. The maximum absolute atomic E-state index is 13.2. The van der Waals surface area contributed by atoms with Crippen molar-refractivity contribution in [3.63, 3.8) is 0 Å². The summed E-state index contributed by atoms with van der Waals surface area (Å²) in [7, 11) is 0. The van der Waals surface area contributed by atoms with Crippen LogP contribution in [0.25, 0.3) is 5.76 Å². The van der Waals surface area contributed by atoms with E-state index in [0.29, 0.717) is 27.6 Å². The third-order valence-corrected chi connectivity index (χ3v) is 6.05. The molecular formula is C26H21Cl2NO5. The summed E-state index contributed by atoms with van der Waals surface area (Å²) in [6.07, 6.45) is -0.0262. The molecule has 0 aliphatic carbocycles. The number of aliphatic hydroxyl groups is 1. The van der Waals surface area contributed by atoms with Crippen LogP contribution < -0.4 is 9.64 Å². The number of nitrogens with zero attached hydrogens (tertiary/aromatic N) is 1. The summed E-state index contributed by atoms with van der Waals surface area (Å²) < 4.78 is 5.63. The fourth-order valence-electron chi connectivity index (χ4n) is 3.86. The number of hydrogen-bond acceptors (Lipinski definition) is 5. The minimum atomic E-state index is -1.00. The van der Waals surface area contributed by atoms with Crippen molar-refractivity contribution in [1.82, 2.24) is 0 Å². The number of rotatable bonds is 5. The van der Waals surface area contributed by atoms with Crippen LogP contribution in [0.2, 0.25) is 10.0 Å². The Labute approximate surface area is 206 Å². The van der Waals surface area contributed by atoms with E-state index in [1.54, 1.807) is 42.5 Å².